The summed E-state index contributed by atoms with van der Waals surface area (Å²) < 4.78 is 7.52. The largest absolute Gasteiger partial charge is 0.377 e. The first-order valence-corrected chi connectivity index (χ1v) is 10.5. The lowest BCUT2D eigenvalue weighted by Gasteiger charge is -2.35. The summed E-state index contributed by atoms with van der Waals surface area (Å²) in [5, 5.41) is 5.61. The number of nitrogens with zero attached hydrogens (tertiary/aromatic N) is 4. The number of hydrogen-bond donors (Lipinski definition) is 1. The van der Waals surface area contributed by atoms with E-state index in [0.29, 0.717) is 25.3 Å². The molecule has 0 spiro atoms. The molecule has 7 nitrogen and oxygen atoms in total. The molecule has 1 saturated heterocycles. The Morgan fingerprint density at radius 3 is 2.74 bits per heavy atom. The van der Waals surface area contributed by atoms with Crippen molar-refractivity contribution in [2.75, 3.05) is 19.8 Å². The Morgan fingerprint density at radius 1 is 1.16 bits per heavy atom. The van der Waals surface area contributed by atoms with Gasteiger partial charge in [-0.1, -0.05) is 18.2 Å². The van der Waals surface area contributed by atoms with Crippen molar-refractivity contribution in [1.82, 2.24) is 24.6 Å². The van der Waals surface area contributed by atoms with Gasteiger partial charge in [0.15, 0.2) is 0 Å². The lowest BCUT2D eigenvalue weighted by molar-refractivity contribution is -0.00155. The van der Waals surface area contributed by atoms with E-state index < -0.39 is 0 Å². The first kappa shape index (κ1) is 19.5. The number of morpholine rings is 1. The van der Waals surface area contributed by atoms with E-state index in [2.05, 4.69) is 27.2 Å². The number of nitrogens with one attached hydrogen (secondary N) is 1. The molecule has 1 aliphatic heterocycles. The third kappa shape index (κ3) is 3.72. The van der Waals surface area contributed by atoms with E-state index in [1.165, 1.54) is 10.9 Å². The number of hydrogen-bond acceptors (Lipinski definition) is 4. The number of benzene rings is 2. The molecule has 3 heterocycles. The highest BCUT2D eigenvalue weighted by Gasteiger charge is 2.29. The van der Waals surface area contributed by atoms with Crippen molar-refractivity contribution in [1.29, 1.82) is 0 Å². The zero-order valence-electron chi connectivity index (χ0n) is 17.7. The molecule has 1 atom stereocenters. The quantitative estimate of drug-likeness (QED) is 0.554. The monoisotopic (exact) mass is 415 g/mol. The Morgan fingerprint density at radius 2 is 1.97 bits per heavy atom. The molecule has 0 unspecified atom stereocenters. The fourth-order valence-corrected chi connectivity index (χ4v) is 4.32. The highest BCUT2D eigenvalue weighted by Crippen LogP contribution is 2.23. The van der Waals surface area contributed by atoms with Gasteiger partial charge in [-0.15, -0.1) is 0 Å². The summed E-state index contributed by atoms with van der Waals surface area (Å²) in [4.78, 5) is 23.0. The molecular weight excluding hydrogens is 390 g/mol. The molecule has 158 valence electrons. The minimum absolute atomic E-state index is 0.000317. The van der Waals surface area contributed by atoms with Gasteiger partial charge in [0.05, 0.1) is 24.9 Å². The van der Waals surface area contributed by atoms with Gasteiger partial charge in [-0.05, 0) is 56.2 Å². The maximum absolute atomic E-state index is 13.3. The average Bonchev–Trinajstić information content (AvgIpc) is 3.36. The third-order valence-electron chi connectivity index (χ3n) is 5.85. The summed E-state index contributed by atoms with van der Waals surface area (Å²) in [5.74, 6) is 1.58. The lowest BCUT2D eigenvalue weighted by Crippen LogP contribution is -2.49. The number of rotatable bonds is 4. The molecule has 1 aliphatic rings. The van der Waals surface area contributed by atoms with Crippen LogP contribution >= 0.6 is 0 Å². The molecule has 2 aromatic heterocycles. The molecule has 31 heavy (non-hydrogen) atoms. The highest BCUT2D eigenvalue weighted by atomic mass is 16.5. The van der Waals surface area contributed by atoms with E-state index in [1.807, 2.05) is 61.3 Å². The second-order valence-electron chi connectivity index (χ2n) is 7.96. The smallest absolute Gasteiger partial charge is 0.254 e. The minimum atomic E-state index is 0.000317. The van der Waals surface area contributed by atoms with E-state index in [1.54, 1.807) is 4.68 Å². The number of H-pyrrole nitrogens is 1. The Kier molecular flexibility index (Phi) is 5.03. The summed E-state index contributed by atoms with van der Waals surface area (Å²) in [6.45, 7) is 5.48. The van der Waals surface area contributed by atoms with Crippen LogP contribution in [-0.4, -0.2) is 56.4 Å². The van der Waals surface area contributed by atoms with Crippen LogP contribution in [0.1, 0.15) is 27.6 Å². The van der Waals surface area contributed by atoms with Crippen molar-refractivity contribution in [2.45, 2.75) is 26.3 Å². The number of fused-ring (bicyclic) bond motifs is 1. The highest BCUT2D eigenvalue weighted by molar-refractivity contribution is 5.94. The zero-order chi connectivity index (χ0) is 21.4. The number of carbonyl (C=O) groups excluding carboxylic acids is 1. The third-order valence-corrected chi connectivity index (χ3v) is 5.85. The normalized spacial score (nSPS) is 16.7. The number of amides is 1. The number of para-hydroxylation sites is 1. The van der Waals surface area contributed by atoms with Crippen LogP contribution in [0.2, 0.25) is 0 Å². The Labute approximate surface area is 180 Å². The van der Waals surface area contributed by atoms with Crippen molar-refractivity contribution in [2.24, 2.45) is 0 Å². The fourth-order valence-electron chi connectivity index (χ4n) is 4.32. The number of aromatic nitrogens is 4. The molecule has 1 amide bonds. The maximum atomic E-state index is 13.3. The van der Waals surface area contributed by atoms with Gasteiger partial charge < -0.3 is 14.6 Å². The van der Waals surface area contributed by atoms with Crippen molar-refractivity contribution in [3.05, 3.63) is 77.5 Å². The molecule has 5 rings (SSSR count). The summed E-state index contributed by atoms with van der Waals surface area (Å²) in [6.07, 6.45) is 2.80. The van der Waals surface area contributed by atoms with Gasteiger partial charge in [0.1, 0.15) is 11.6 Å². The van der Waals surface area contributed by atoms with Crippen LogP contribution in [0, 0.1) is 13.8 Å². The van der Waals surface area contributed by atoms with Gasteiger partial charge in [-0.2, -0.15) is 5.10 Å². The lowest BCUT2D eigenvalue weighted by atomic mass is 10.0. The summed E-state index contributed by atoms with van der Waals surface area (Å²) in [7, 11) is 0. The van der Waals surface area contributed by atoms with E-state index in [-0.39, 0.29) is 11.9 Å². The second-order valence-corrected chi connectivity index (χ2v) is 7.96. The van der Waals surface area contributed by atoms with Crippen LogP contribution in [0.15, 0.2) is 54.7 Å². The van der Waals surface area contributed by atoms with Gasteiger partial charge in [0.25, 0.3) is 5.91 Å². The van der Waals surface area contributed by atoms with Gasteiger partial charge in [-0.3, -0.25) is 4.79 Å². The Balaban J connectivity index is 1.37. The predicted molar refractivity (Wildman–Crippen MR) is 118 cm³/mol. The standard InChI is InChI=1S/C24H25N5O2/c1-16-26-17(2)29(27-16)20-9-7-18(8-10-20)24(30)28-11-12-31-15-21(28)13-19-14-25-23-6-4-3-5-22(19)23/h3-10,14,21,25H,11-13,15H2,1-2H3/t21-/m1/s1. The van der Waals surface area contributed by atoms with Crippen LogP contribution in [0.4, 0.5) is 0 Å². The van der Waals surface area contributed by atoms with Gasteiger partial charge in [-0.25, -0.2) is 9.67 Å². The van der Waals surface area contributed by atoms with Crippen molar-refractivity contribution in [3.8, 4) is 5.69 Å². The molecule has 2 aromatic carbocycles. The first-order valence-electron chi connectivity index (χ1n) is 10.5. The fraction of sp³-hybridized carbons (Fsp3) is 0.292. The van der Waals surface area contributed by atoms with Gasteiger partial charge in [0, 0.05) is 29.2 Å². The number of ether oxygens (including phenoxy) is 1. The summed E-state index contributed by atoms with van der Waals surface area (Å²) in [6, 6.07) is 15.8. The van der Waals surface area contributed by atoms with Crippen molar-refractivity contribution >= 4 is 16.8 Å². The average molecular weight is 415 g/mol. The predicted octanol–water partition coefficient (Wildman–Crippen LogP) is 3.45. The van der Waals surface area contributed by atoms with E-state index in [4.69, 9.17) is 4.74 Å². The Hall–Kier alpha value is -3.45. The SMILES string of the molecule is Cc1nc(C)n(-c2ccc(C(=O)N3CCOC[C@H]3Cc3c[nH]c4ccccc34)cc2)n1. The first-order chi connectivity index (χ1) is 15.1. The Bertz CT molecular complexity index is 1220. The molecule has 0 radical (unpaired) electrons. The van der Waals surface area contributed by atoms with Gasteiger partial charge in [0.2, 0.25) is 0 Å². The molecule has 1 N–H and O–H groups in total. The molecule has 0 aliphatic carbocycles. The van der Waals surface area contributed by atoms with Gasteiger partial charge >= 0.3 is 0 Å². The maximum Gasteiger partial charge on any atom is 0.254 e. The van der Waals surface area contributed by atoms with Crippen molar-refractivity contribution < 1.29 is 9.53 Å². The van der Waals surface area contributed by atoms with Crippen LogP contribution < -0.4 is 0 Å². The summed E-state index contributed by atoms with van der Waals surface area (Å²) >= 11 is 0. The zero-order valence-corrected chi connectivity index (χ0v) is 17.7. The second kappa shape index (κ2) is 8.00. The van der Waals surface area contributed by atoms with E-state index in [0.717, 1.165) is 29.3 Å². The number of carbonyl (C=O) groups is 1. The molecule has 0 saturated carbocycles. The van der Waals surface area contributed by atoms with Crippen LogP contribution in [0.5, 0.6) is 0 Å². The molecule has 4 aromatic rings. The molecular formula is C24H25N5O2. The van der Waals surface area contributed by atoms with E-state index >= 15 is 0 Å². The minimum Gasteiger partial charge on any atom is -0.377 e. The van der Waals surface area contributed by atoms with E-state index in [9.17, 15) is 4.79 Å². The van der Waals surface area contributed by atoms with Crippen molar-refractivity contribution in [3.63, 3.8) is 0 Å². The molecule has 7 heteroatoms. The van der Waals surface area contributed by atoms with Crippen LogP contribution in [-0.2, 0) is 11.2 Å². The summed E-state index contributed by atoms with van der Waals surface area (Å²) in [5.41, 5.74) is 3.88. The number of aromatic amines is 1. The van der Waals surface area contributed by atoms with Crippen LogP contribution in [0.3, 0.4) is 0 Å². The molecule has 1 fully saturated rings. The number of aryl methyl sites for hydroxylation is 2. The molecule has 0 bridgehead atoms. The topological polar surface area (TPSA) is 76.0 Å². The van der Waals surface area contributed by atoms with Crippen LogP contribution in [0.25, 0.3) is 16.6 Å².